The van der Waals surface area contributed by atoms with E-state index >= 15 is 0 Å². The molecule has 23 heavy (non-hydrogen) atoms. The number of ether oxygens (including phenoxy) is 2. The van der Waals surface area contributed by atoms with Crippen molar-refractivity contribution in [3.63, 3.8) is 0 Å². The third-order valence-corrected chi connectivity index (χ3v) is 4.03. The number of hydrogen-bond donors (Lipinski definition) is 2. The molecule has 0 spiro atoms. The van der Waals surface area contributed by atoms with Gasteiger partial charge in [0.2, 0.25) is 5.91 Å². The summed E-state index contributed by atoms with van der Waals surface area (Å²) in [6.45, 7) is 7.78. The van der Waals surface area contributed by atoms with Gasteiger partial charge in [0.25, 0.3) is 0 Å². The minimum Gasteiger partial charge on any atom is -0.379 e. The highest BCUT2D eigenvalue weighted by Gasteiger charge is 2.17. The number of carbonyl (C=O) groups excluding carboxylic acids is 1. The Hall–Kier alpha value is -1.34. The molecule has 1 unspecified atom stereocenters. The lowest BCUT2D eigenvalue weighted by molar-refractivity contribution is -0.128. The summed E-state index contributed by atoms with van der Waals surface area (Å²) in [5.41, 5.74) is 0. The van der Waals surface area contributed by atoms with Crippen LogP contribution in [0.5, 0.6) is 0 Å². The zero-order valence-corrected chi connectivity index (χ0v) is 14.2. The van der Waals surface area contributed by atoms with Gasteiger partial charge in [-0.15, -0.1) is 0 Å². The number of likely N-dealkylation sites (tertiary alicyclic amines) is 1. The van der Waals surface area contributed by atoms with Crippen molar-refractivity contribution in [1.29, 1.82) is 0 Å². The molecule has 0 bridgehead atoms. The van der Waals surface area contributed by atoms with Crippen LogP contribution in [0.3, 0.4) is 0 Å². The molecule has 0 aromatic rings. The van der Waals surface area contributed by atoms with Crippen molar-refractivity contribution in [1.82, 2.24) is 15.5 Å². The number of hydrogen-bond acceptors (Lipinski definition) is 4. The standard InChI is InChI=1S/C16H30N4O3/c1-2-17-16(19-12-15(21)20-8-3-4-9-20)18-7-5-10-23-14-6-11-22-13-14/h14H,2-13H2,1H3,(H2,17,18,19). The van der Waals surface area contributed by atoms with Gasteiger partial charge in [-0.05, 0) is 32.6 Å². The van der Waals surface area contributed by atoms with Crippen LogP contribution in [0, 0.1) is 0 Å². The Morgan fingerprint density at radius 3 is 2.87 bits per heavy atom. The number of nitrogens with zero attached hydrogens (tertiary/aromatic N) is 2. The maximum absolute atomic E-state index is 12.0. The van der Waals surface area contributed by atoms with Gasteiger partial charge >= 0.3 is 0 Å². The molecule has 2 aliphatic heterocycles. The second kappa shape index (κ2) is 10.4. The third kappa shape index (κ3) is 6.74. The van der Waals surface area contributed by atoms with Gasteiger partial charge in [-0.1, -0.05) is 0 Å². The van der Waals surface area contributed by atoms with Crippen molar-refractivity contribution in [3.8, 4) is 0 Å². The highest BCUT2D eigenvalue weighted by molar-refractivity contribution is 5.85. The van der Waals surface area contributed by atoms with Gasteiger partial charge < -0.3 is 25.0 Å². The van der Waals surface area contributed by atoms with E-state index in [2.05, 4.69) is 15.6 Å². The van der Waals surface area contributed by atoms with E-state index in [-0.39, 0.29) is 18.6 Å². The van der Waals surface area contributed by atoms with Crippen molar-refractivity contribution in [2.45, 2.75) is 38.7 Å². The van der Waals surface area contributed by atoms with E-state index in [1.165, 1.54) is 0 Å². The molecule has 7 heteroatoms. The van der Waals surface area contributed by atoms with E-state index in [0.29, 0.717) is 12.6 Å². The Balaban J connectivity index is 1.61. The second-order valence-corrected chi connectivity index (χ2v) is 5.92. The minimum absolute atomic E-state index is 0.115. The first-order valence-electron chi connectivity index (χ1n) is 8.79. The lowest BCUT2D eigenvalue weighted by Crippen LogP contribution is -2.39. The fraction of sp³-hybridized carbons (Fsp3) is 0.875. The Bertz CT molecular complexity index is 378. The molecule has 0 aromatic heterocycles. The summed E-state index contributed by atoms with van der Waals surface area (Å²) < 4.78 is 11.0. The van der Waals surface area contributed by atoms with Gasteiger partial charge in [-0.25, -0.2) is 4.99 Å². The molecule has 0 saturated carbocycles. The first kappa shape index (κ1) is 18.0. The summed E-state index contributed by atoms with van der Waals surface area (Å²) in [5, 5.41) is 6.42. The molecule has 1 amide bonds. The smallest absolute Gasteiger partial charge is 0.244 e. The van der Waals surface area contributed by atoms with Crippen molar-refractivity contribution in [2.75, 3.05) is 52.5 Å². The molecule has 0 radical (unpaired) electrons. The molecule has 2 N–H and O–H groups in total. The van der Waals surface area contributed by atoms with Crippen LogP contribution in [0.25, 0.3) is 0 Å². The summed E-state index contributed by atoms with van der Waals surface area (Å²) in [5.74, 6) is 0.813. The quantitative estimate of drug-likeness (QED) is 0.383. The predicted molar refractivity (Wildman–Crippen MR) is 89.6 cm³/mol. The van der Waals surface area contributed by atoms with E-state index in [1.807, 2.05) is 11.8 Å². The predicted octanol–water partition coefficient (Wildman–Crippen LogP) is 0.360. The molecule has 2 fully saturated rings. The summed E-state index contributed by atoms with van der Waals surface area (Å²) in [4.78, 5) is 18.3. The van der Waals surface area contributed by atoms with E-state index < -0.39 is 0 Å². The van der Waals surface area contributed by atoms with Crippen LogP contribution < -0.4 is 10.6 Å². The number of amides is 1. The number of guanidine groups is 1. The maximum atomic E-state index is 12.0. The van der Waals surface area contributed by atoms with Gasteiger partial charge in [0.05, 0.1) is 12.7 Å². The number of aliphatic imine (C=N–C) groups is 1. The van der Waals surface area contributed by atoms with Crippen LogP contribution in [0.4, 0.5) is 0 Å². The number of nitrogens with one attached hydrogen (secondary N) is 2. The van der Waals surface area contributed by atoms with Gasteiger partial charge in [0.1, 0.15) is 6.54 Å². The van der Waals surface area contributed by atoms with Crippen molar-refractivity contribution in [2.24, 2.45) is 4.99 Å². The van der Waals surface area contributed by atoms with E-state index in [1.54, 1.807) is 0 Å². The minimum atomic E-state index is 0.115. The third-order valence-electron chi connectivity index (χ3n) is 4.03. The lowest BCUT2D eigenvalue weighted by atomic mass is 10.3. The van der Waals surface area contributed by atoms with Crippen molar-refractivity contribution >= 4 is 11.9 Å². The van der Waals surface area contributed by atoms with Gasteiger partial charge in [0, 0.05) is 39.4 Å². The molecule has 2 heterocycles. The average Bonchev–Trinajstić information content (AvgIpc) is 3.25. The normalized spacial score (nSPS) is 21.7. The maximum Gasteiger partial charge on any atom is 0.244 e. The van der Waals surface area contributed by atoms with E-state index in [4.69, 9.17) is 9.47 Å². The fourth-order valence-electron chi connectivity index (χ4n) is 2.73. The van der Waals surface area contributed by atoms with Crippen LogP contribution in [-0.4, -0.2) is 75.4 Å². The Morgan fingerprint density at radius 1 is 1.35 bits per heavy atom. The van der Waals surface area contributed by atoms with Crippen LogP contribution in [0.15, 0.2) is 4.99 Å². The van der Waals surface area contributed by atoms with Crippen molar-refractivity contribution < 1.29 is 14.3 Å². The SMILES string of the molecule is CCNC(=NCC(=O)N1CCCC1)NCCCOC1CCOC1. The van der Waals surface area contributed by atoms with Crippen LogP contribution in [-0.2, 0) is 14.3 Å². The lowest BCUT2D eigenvalue weighted by Gasteiger charge is -2.15. The molecule has 2 aliphatic rings. The molecule has 132 valence electrons. The van der Waals surface area contributed by atoms with E-state index in [0.717, 1.165) is 65.1 Å². The van der Waals surface area contributed by atoms with Crippen LogP contribution in [0.2, 0.25) is 0 Å². The van der Waals surface area contributed by atoms with Gasteiger partial charge in [-0.2, -0.15) is 0 Å². The molecular formula is C16H30N4O3. The van der Waals surface area contributed by atoms with Crippen LogP contribution in [0.1, 0.15) is 32.6 Å². The van der Waals surface area contributed by atoms with Crippen LogP contribution >= 0.6 is 0 Å². The molecule has 2 rings (SSSR count). The van der Waals surface area contributed by atoms with E-state index in [9.17, 15) is 4.79 Å². The molecule has 7 nitrogen and oxygen atoms in total. The van der Waals surface area contributed by atoms with Gasteiger partial charge in [0.15, 0.2) is 5.96 Å². The Labute approximate surface area is 138 Å². The molecular weight excluding hydrogens is 296 g/mol. The molecule has 0 aromatic carbocycles. The summed E-state index contributed by atoms with van der Waals surface area (Å²) in [6, 6.07) is 0. The summed E-state index contributed by atoms with van der Waals surface area (Å²) in [7, 11) is 0. The number of rotatable bonds is 8. The summed E-state index contributed by atoms with van der Waals surface area (Å²) in [6.07, 6.45) is 4.38. The first-order chi connectivity index (χ1) is 11.3. The number of carbonyl (C=O) groups is 1. The summed E-state index contributed by atoms with van der Waals surface area (Å²) >= 11 is 0. The Morgan fingerprint density at radius 2 is 2.17 bits per heavy atom. The highest BCUT2D eigenvalue weighted by Crippen LogP contribution is 2.08. The largest absolute Gasteiger partial charge is 0.379 e. The fourth-order valence-corrected chi connectivity index (χ4v) is 2.73. The highest BCUT2D eigenvalue weighted by atomic mass is 16.5. The second-order valence-electron chi connectivity index (χ2n) is 5.92. The topological polar surface area (TPSA) is 75.2 Å². The molecule has 0 aliphatic carbocycles. The zero-order chi connectivity index (χ0) is 16.3. The molecule has 1 atom stereocenters. The van der Waals surface area contributed by atoms with Crippen molar-refractivity contribution in [3.05, 3.63) is 0 Å². The average molecular weight is 326 g/mol. The monoisotopic (exact) mass is 326 g/mol. The van der Waals surface area contributed by atoms with Gasteiger partial charge in [-0.3, -0.25) is 4.79 Å². The molecule has 2 saturated heterocycles. The Kier molecular flexibility index (Phi) is 8.17. The first-order valence-corrected chi connectivity index (χ1v) is 8.79. The zero-order valence-electron chi connectivity index (χ0n) is 14.2.